The van der Waals surface area contributed by atoms with Crippen molar-refractivity contribution < 1.29 is 9.18 Å². The number of amides is 1. The lowest BCUT2D eigenvalue weighted by Crippen LogP contribution is -2.47. The number of pyridine rings is 1. The van der Waals surface area contributed by atoms with Crippen molar-refractivity contribution in [3.8, 4) is 0 Å². The van der Waals surface area contributed by atoms with E-state index in [4.69, 9.17) is 0 Å². The summed E-state index contributed by atoms with van der Waals surface area (Å²) in [5, 5.41) is 3.36. The van der Waals surface area contributed by atoms with E-state index in [-0.39, 0.29) is 11.9 Å². The number of piperazine rings is 1. The lowest BCUT2D eigenvalue weighted by atomic mass is 10.0. The monoisotopic (exact) mass is 480 g/mol. The molecule has 1 aliphatic rings. The molecule has 0 spiro atoms. The van der Waals surface area contributed by atoms with Gasteiger partial charge in [0.25, 0.3) is 0 Å². The van der Waals surface area contributed by atoms with Gasteiger partial charge in [0.05, 0.1) is 6.04 Å². The van der Waals surface area contributed by atoms with Crippen molar-refractivity contribution in [2.24, 2.45) is 0 Å². The summed E-state index contributed by atoms with van der Waals surface area (Å²) in [4.78, 5) is 20.5. The third kappa shape index (κ3) is 5.96. The Kier molecular flexibility index (Phi) is 7.33. The highest BCUT2D eigenvalue weighted by molar-refractivity contribution is 5.57. The smallest absolute Gasteiger partial charge is 0.210 e. The van der Waals surface area contributed by atoms with E-state index in [0.29, 0.717) is 13.1 Å². The second kappa shape index (κ2) is 11.1. The molecule has 182 valence electrons. The number of nitrogens with zero attached hydrogens (tertiary/aromatic N) is 3. The SMILES string of the molecule is O=CN1CCN(Cc2ccc(F)cc2)CC1c1ccc(Nc2ccc(Cc3ccccc3)cc2)nc1. The van der Waals surface area contributed by atoms with Gasteiger partial charge in [-0.05, 0) is 59.0 Å². The lowest BCUT2D eigenvalue weighted by Gasteiger charge is -2.39. The average molecular weight is 481 g/mol. The molecule has 5 nitrogen and oxygen atoms in total. The van der Waals surface area contributed by atoms with Crippen molar-refractivity contribution in [3.63, 3.8) is 0 Å². The molecule has 6 heteroatoms. The number of nitrogens with one attached hydrogen (secondary N) is 1. The molecule has 1 N–H and O–H groups in total. The van der Waals surface area contributed by atoms with Gasteiger partial charge in [-0.1, -0.05) is 60.7 Å². The fourth-order valence-electron chi connectivity index (χ4n) is 4.63. The molecule has 0 radical (unpaired) electrons. The number of benzene rings is 3. The summed E-state index contributed by atoms with van der Waals surface area (Å²) in [6, 6.07) is 29.3. The number of hydrogen-bond donors (Lipinski definition) is 1. The van der Waals surface area contributed by atoms with Gasteiger partial charge in [0.1, 0.15) is 11.6 Å². The van der Waals surface area contributed by atoms with Crippen molar-refractivity contribution in [1.29, 1.82) is 0 Å². The minimum atomic E-state index is -0.231. The van der Waals surface area contributed by atoms with E-state index in [2.05, 4.69) is 63.7 Å². The van der Waals surface area contributed by atoms with E-state index in [1.54, 1.807) is 0 Å². The third-order valence-electron chi connectivity index (χ3n) is 6.61. The van der Waals surface area contributed by atoms with E-state index in [1.807, 2.05) is 41.4 Å². The molecule has 1 atom stereocenters. The highest BCUT2D eigenvalue weighted by atomic mass is 19.1. The molecule has 1 unspecified atom stereocenters. The number of anilines is 2. The first-order chi connectivity index (χ1) is 17.7. The number of halogens is 1. The molecule has 0 bridgehead atoms. The van der Waals surface area contributed by atoms with Crippen molar-refractivity contribution in [2.45, 2.75) is 19.0 Å². The van der Waals surface area contributed by atoms with Crippen LogP contribution in [0.5, 0.6) is 0 Å². The van der Waals surface area contributed by atoms with Gasteiger partial charge in [-0.3, -0.25) is 9.69 Å². The first-order valence-electron chi connectivity index (χ1n) is 12.2. The Hall–Kier alpha value is -4.03. The molecule has 0 aliphatic carbocycles. The maximum atomic E-state index is 13.2. The number of hydrogen-bond acceptors (Lipinski definition) is 4. The Bertz CT molecular complexity index is 1260. The molecule has 4 aromatic rings. The Morgan fingerprint density at radius 1 is 0.861 bits per heavy atom. The van der Waals surface area contributed by atoms with Crippen LogP contribution in [-0.2, 0) is 17.8 Å². The standard InChI is InChI=1S/C30H29FN4O/c31-27-11-6-25(7-12-27)20-34-16-17-35(22-36)29(21-34)26-10-15-30(32-19-26)33-28-13-8-24(9-14-28)18-23-4-2-1-3-5-23/h1-15,19,22,29H,16-18,20-21H2,(H,32,33). The third-order valence-corrected chi connectivity index (χ3v) is 6.61. The van der Waals surface area contributed by atoms with Crippen LogP contribution in [0.4, 0.5) is 15.9 Å². The fourth-order valence-corrected chi connectivity index (χ4v) is 4.63. The van der Waals surface area contributed by atoms with Gasteiger partial charge in [-0.2, -0.15) is 0 Å². The minimum Gasteiger partial charge on any atom is -0.340 e. The summed E-state index contributed by atoms with van der Waals surface area (Å²) >= 11 is 0. The number of rotatable bonds is 8. The van der Waals surface area contributed by atoms with Crippen molar-refractivity contribution in [1.82, 2.24) is 14.8 Å². The summed E-state index contributed by atoms with van der Waals surface area (Å²) in [6.07, 6.45) is 3.67. The molecular formula is C30H29FN4O. The second-order valence-corrected chi connectivity index (χ2v) is 9.18. The topological polar surface area (TPSA) is 48.5 Å². The van der Waals surface area contributed by atoms with Crippen LogP contribution >= 0.6 is 0 Å². The van der Waals surface area contributed by atoms with Gasteiger partial charge in [-0.25, -0.2) is 9.37 Å². The van der Waals surface area contributed by atoms with Gasteiger partial charge in [-0.15, -0.1) is 0 Å². The number of carbonyl (C=O) groups excluding carboxylic acids is 1. The first kappa shape index (κ1) is 23.7. The Morgan fingerprint density at radius 2 is 1.58 bits per heavy atom. The van der Waals surface area contributed by atoms with Crippen LogP contribution < -0.4 is 5.32 Å². The summed E-state index contributed by atoms with van der Waals surface area (Å²) < 4.78 is 13.2. The van der Waals surface area contributed by atoms with Crippen molar-refractivity contribution >= 4 is 17.9 Å². The van der Waals surface area contributed by atoms with Crippen LogP contribution in [0, 0.1) is 5.82 Å². The number of carbonyl (C=O) groups is 1. The summed E-state index contributed by atoms with van der Waals surface area (Å²) in [5.41, 5.74) is 5.58. The predicted molar refractivity (Wildman–Crippen MR) is 140 cm³/mol. The van der Waals surface area contributed by atoms with Crippen molar-refractivity contribution in [2.75, 3.05) is 25.0 Å². The average Bonchev–Trinajstić information content (AvgIpc) is 2.92. The normalized spacial score (nSPS) is 16.0. The van der Waals surface area contributed by atoms with Crippen LogP contribution in [0.15, 0.2) is 97.2 Å². The van der Waals surface area contributed by atoms with Crippen LogP contribution in [0.25, 0.3) is 0 Å². The van der Waals surface area contributed by atoms with Gasteiger partial charge in [0, 0.05) is 38.1 Å². The zero-order chi connectivity index (χ0) is 24.7. The van der Waals surface area contributed by atoms with Gasteiger partial charge in [0.15, 0.2) is 0 Å². The molecular weight excluding hydrogens is 451 g/mol. The van der Waals surface area contributed by atoms with E-state index >= 15 is 0 Å². The van der Waals surface area contributed by atoms with Crippen molar-refractivity contribution in [3.05, 3.63) is 125 Å². The Balaban J connectivity index is 1.22. The van der Waals surface area contributed by atoms with Crippen LogP contribution in [0.3, 0.4) is 0 Å². The zero-order valence-electron chi connectivity index (χ0n) is 20.1. The molecule has 1 aliphatic heterocycles. The van der Waals surface area contributed by atoms with Crippen LogP contribution in [-0.4, -0.2) is 40.8 Å². The predicted octanol–water partition coefficient (Wildman–Crippen LogP) is 5.57. The maximum Gasteiger partial charge on any atom is 0.210 e. The quantitative estimate of drug-likeness (QED) is 0.335. The lowest BCUT2D eigenvalue weighted by molar-refractivity contribution is -0.123. The summed E-state index contributed by atoms with van der Waals surface area (Å²) in [6.45, 7) is 2.84. The molecule has 1 saturated heterocycles. The van der Waals surface area contributed by atoms with E-state index < -0.39 is 0 Å². The number of aromatic nitrogens is 1. The molecule has 1 fully saturated rings. The molecule has 5 rings (SSSR count). The Labute approximate surface area is 211 Å². The largest absolute Gasteiger partial charge is 0.340 e. The highest BCUT2D eigenvalue weighted by Crippen LogP contribution is 2.26. The van der Waals surface area contributed by atoms with E-state index in [9.17, 15) is 9.18 Å². The van der Waals surface area contributed by atoms with Gasteiger partial charge >= 0.3 is 0 Å². The maximum absolute atomic E-state index is 13.2. The summed E-state index contributed by atoms with van der Waals surface area (Å²) in [5.74, 6) is 0.525. The minimum absolute atomic E-state index is 0.0736. The Morgan fingerprint density at radius 3 is 2.28 bits per heavy atom. The molecule has 36 heavy (non-hydrogen) atoms. The van der Waals surface area contributed by atoms with Crippen LogP contribution in [0.1, 0.15) is 28.3 Å². The van der Waals surface area contributed by atoms with E-state index in [1.165, 1.54) is 23.3 Å². The zero-order valence-corrected chi connectivity index (χ0v) is 20.1. The summed E-state index contributed by atoms with van der Waals surface area (Å²) in [7, 11) is 0. The van der Waals surface area contributed by atoms with Crippen LogP contribution in [0.2, 0.25) is 0 Å². The second-order valence-electron chi connectivity index (χ2n) is 9.18. The molecule has 1 amide bonds. The molecule has 0 saturated carbocycles. The van der Waals surface area contributed by atoms with E-state index in [0.717, 1.165) is 48.6 Å². The van der Waals surface area contributed by atoms with Gasteiger partial charge < -0.3 is 10.2 Å². The fraction of sp³-hybridized carbons (Fsp3) is 0.200. The van der Waals surface area contributed by atoms with Gasteiger partial charge in [0.2, 0.25) is 6.41 Å². The highest BCUT2D eigenvalue weighted by Gasteiger charge is 2.27. The first-order valence-corrected chi connectivity index (χ1v) is 12.2. The molecule has 1 aromatic heterocycles. The molecule has 2 heterocycles. The molecule has 3 aromatic carbocycles.